The van der Waals surface area contributed by atoms with Crippen molar-refractivity contribution in [1.82, 2.24) is 5.32 Å². The van der Waals surface area contributed by atoms with Gasteiger partial charge in [-0.05, 0) is 32.1 Å². The number of carbonyl (C=O) groups is 3. The molecule has 7 heteroatoms. The predicted molar refractivity (Wildman–Crippen MR) is 110 cm³/mol. The van der Waals surface area contributed by atoms with Gasteiger partial charge in [-0.15, -0.1) is 0 Å². The minimum atomic E-state index is -1.49. The van der Waals surface area contributed by atoms with Gasteiger partial charge in [0.05, 0.1) is 18.4 Å². The number of rotatable bonds is 19. The van der Waals surface area contributed by atoms with Crippen molar-refractivity contribution in [2.75, 3.05) is 0 Å². The fourth-order valence-electron chi connectivity index (χ4n) is 3.02. The van der Waals surface area contributed by atoms with Gasteiger partial charge < -0.3 is 21.0 Å². The molecule has 0 aromatic heterocycles. The van der Waals surface area contributed by atoms with Crippen molar-refractivity contribution in [3.05, 3.63) is 12.2 Å². The standard InChI is InChI=1S/C22H40N2O4.Na/c1-2-3-4-5-6-7-8-9-10-11-12-13-14-15-16-17-21(26)24-19(22(27)28)18-20(23)25;/h9-10,19H,2-8,11-18H2,1H3,(H2,23,25)(H,24,26)(H,27,28);/q;+1/p-1/b10-9+;/t19-;/m0./s1. The number of unbranched alkanes of at least 4 members (excludes halogenated alkanes) is 11. The Labute approximate surface area is 198 Å². The van der Waals surface area contributed by atoms with Crippen LogP contribution < -0.4 is 45.7 Å². The number of carbonyl (C=O) groups excluding carboxylic acids is 3. The molecule has 0 unspecified atom stereocenters. The van der Waals surface area contributed by atoms with Gasteiger partial charge in [0, 0.05) is 6.42 Å². The molecule has 0 spiro atoms. The van der Waals surface area contributed by atoms with E-state index in [2.05, 4.69) is 24.4 Å². The molecular formula is C22H39N2NaO4. The summed E-state index contributed by atoms with van der Waals surface area (Å²) in [5.74, 6) is -2.65. The van der Waals surface area contributed by atoms with Crippen LogP contribution in [0, 0.1) is 0 Å². The van der Waals surface area contributed by atoms with Crippen LogP contribution in [0.1, 0.15) is 103 Å². The van der Waals surface area contributed by atoms with Crippen molar-refractivity contribution in [2.45, 2.75) is 109 Å². The van der Waals surface area contributed by atoms with E-state index in [1.165, 1.54) is 44.9 Å². The van der Waals surface area contributed by atoms with E-state index in [1.807, 2.05) is 0 Å². The quantitative estimate of drug-likeness (QED) is 0.176. The molecule has 0 radical (unpaired) electrons. The van der Waals surface area contributed by atoms with Crippen LogP contribution in [0.5, 0.6) is 0 Å². The minimum Gasteiger partial charge on any atom is -0.548 e. The van der Waals surface area contributed by atoms with Crippen LogP contribution in [-0.4, -0.2) is 23.8 Å². The van der Waals surface area contributed by atoms with Crippen LogP contribution in [-0.2, 0) is 14.4 Å². The Balaban J connectivity index is 0. The summed E-state index contributed by atoms with van der Waals surface area (Å²) >= 11 is 0. The molecule has 0 aliphatic heterocycles. The summed E-state index contributed by atoms with van der Waals surface area (Å²) in [6, 6.07) is -1.34. The molecule has 162 valence electrons. The molecular weight excluding hydrogens is 379 g/mol. The van der Waals surface area contributed by atoms with Gasteiger partial charge in [0.1, 0.15) is 0 Å². The third kappa shape index (κ3) is 21.7. The second-order valence-electron chi connectivity index (χ2n) is 7.44. The van der Waals surface area contributed by atoms with Gasteiger partial charge in [-0.25, -0.2) is 0 Å². The fraction of sp³-hybridized carbons (Fsp3) is 0.773. The van der Waals surface area contributed by atoms with Crippen molar-refractivity contribution in [1.29, 1.82) is 0 Å². The summed E-state index contributed by atoms with van der Waals surface area (Å²) in [4.78, 5) is 33.3. The van der Waals surface area contributed by atoms with Crippen LogP contribution in [0.25, 0.3) is 0 Å². The Hall–Kier alpha value is -0.850. The van der Waals surface area contributed by atoms with Crippen molar-refractivity contribution in [3.63, 3.8) is 0 Å². The second kappa shape index (κ2) is 21.8. The van der Waals surface area contributed by atoms with Crippen molar-refractivity contribution in [2.24, 2.45) is 5.73 Å². The van der Waals surface area contributed by atoms with Gasteiger partial charge in [0.25, 0.3) is 0 Å². The molecule has 1 atom stereocenters. The molecule has 0 rings (SSSR count). The number of carboxylic acids is 1. The minimum absolute atomic E-state index is 0. The van der Waals surface area contributed by atoms with E-state index in [4.69, 9.17) is 5.73 Å². The Bertz CT molecular complexity index is 470. The van der Waals surface area contributed by atoms with E-state index in [1.54, 1.807) is 0 Å². The van der Waals surface area contributed by atoms with Gasteiger partial charge in [-0.1, -0.05) is 70.4 Å². The second-order valence-corrected chi connectivity index (χ2v) is 7.44. The summed E-state index contributed by atoms with van der Waals surface area (Å²) in [6.45, 7) is 2.24. The Kier molecular flexibility index (Phi) is 22.9. The molecule has 29 heavy (non-hydrogen) atoms. The zero-order chi connectivity index (χ0) is 21.0. The number of carboxylic acid groups (broad SMARTS) is 1. The summed E-state index contributed by atoms with van der Waals surface area (Å²) in [6.07, 6.45) is 19.7. The number of hydrogen-bond acceptors (Lipinski definition) is 4. The van der Waals surface area contributed by atoms with Crippen LogP contribution in [0.2, 0.25) is 0 Å². The number of allylic oxidation sites excluding steroid dienone is 2. The fourth-order valence-corrected chi connectivity index (χ4v) is 3.02. The normalized spacial score (nSPS) is 11.8. The molecule has 0 aromatic carbocycles. The Morgan fingerprint density at radius 1 is 0.862 bits per heavy atom. The molecule has 0 saturated carbocycles. The molecule has 0 fully saturated rings. The largest absolute Gasteiger partial charge is 1.00 e. The summed E-state index contributed by atoms with van der Waals surface area (Å²) in [7, 11) is 0. The maximum atomic E-state index is 11.7. The van der Waals surface area contributed by atoms with Gasteiger partial charge in [0.15, 0.2) is 0 Å². The van der Waals surface area contributed by atoms with E-state index in [9.17, 15) is 19.5 Å². The molecule has 3 N–H and O–H groups in total. The Morgan fingerprint density at radius 3 is 1.83 bits per heavy atom. The first-order valence-corrected chi connectivity index (χ1v) is 10.9. The number of nitrogens with one attached hydrogen (secondary N) is 1. The summed E-state index contributed by atoms with van der Waals surface area (Å²) in [5, 5.41) is 13.1. The van der Waals surface area contributed by atoms with Gasteiger partial charge in [-0.2, -0.15) is 0 Å². The summed E-state index contributed by atoms with van der Waals surface area (Å²) in [5.41, 5.74) is 4.96. The Morgan fingerprint density at radius 2 is 1.34 bits per heavy atom. The molecule has 0 aliphatic rings. The average Bonchev–Trinajstić information content (AvgIpc) is 2.64. The topological polar surface area (TPSA) is 112 Å². The van der Waals surface area contributed by atoms with Crippen molar-refractivity contribution in [3.8, 4) is 0 Å². The number of hydrogen-bond donors (Lipinski definition) is 2. The van der Waals surface area contributed by atoms with E-state index in [0.717, 1.165) is 32.1 Å². The van der Waals surface area contributed by atoms with E-state index >= 15 is 0 Å². The number of nitrogens with two attached hydrogens (primary N) is 1. The smallest absolute Gasteiger partial charge is 0.548 e. The van der Waals surface area contributed by atoms with Gasteiger partial charge in [-0.3, -0.25) is 9.59 Å². The first kappa shape index (κ1) is 30.3. The molecule has 0 saturated heterocycles. The first-order valence-electron chi connectivity index (χ1n) is 10.9. The predicted octanol–water partition coefficient (Wildman–Crippen LogP) is 0.138. The molecule has 0 aliphatic carbocycles. The van der Waals surface area contributed by atoms with E-state index < -0.39 is 24.3 Å². The van der Waals surface area contributed by atoms with Gasteiger partial charge in [0.2, 0.25) is 11.8 Å². The van der Waals surface area contributed by atoms with Crippen molar-refractivity contribution >= 4 is 17.8 Å². The monoisotopic (exact) mass is 418 g/mol. The molecule has 0 aromatic rings. The van der Waals surface area contributed by atoms with Crippen molar-refractivity contribution < 1.29 is 49.0 Å². The maximum absolute atomic E-state index is 11.7. The number of primary amides is 1. The third-order valence-corrected chi connectivity index (χ3v) is 4.69. The summed E-state index contributed by atoms with van der Waals surface area (Å²) < 4.78 is 0. The molecule has 6 nitrogen and oxygen atoms in total. The number of aliphatic carboxylic acids is 1. The third-order valence-electron chi connectivity index (χ3n) is 4.69. The van der Waals surface area contributed by atoms with Crippen LogP contribution in [0.3, 0.4) is 0 Å². The van der Waals surface area contributed by atoms with E-state index in [-0.39, 0.29) is 41.9 Å². The zero-order valence-corrected chi connectivity index (χ0v) is 20.5. The van der Waals surface area contributed by atoms with Crippen LogP contribution in [0.4, 0.5) is 0 Å². The van der Waals surface area contributed by atoms with Crippen LogP contribution in [0.15, 0.2) is 12.2 Å². The maximum Gasteiger partial charge on any atom is 1.00 e. The van der Waals surface area contributed by atoms with Gasteiger partial charge >= 0.3 is 29.6 Å². The first-order chi connectivity index (χ1) is 13.5. The average molecular weight is 419 g/mol. The molecule has 0 heterocycles. The number of amides is 2. The van der Waals surface area contributed by atoms with Crippen LogP contribution >= 0.6 is 0 Å². The van der Waals surface area contributed by atoms with E-state index in [0.29, 0.717) is 6.42 Å². The zero-order valence-electron chi connectivity index (χ0n) is 18.5. The SMILES string of the molecule is CCCCCCCC/C=C/CCCCCCCC(=O)N[C@@H](CC(N)=O)C(=O)[O-].[Na+]. The molecule has 0 bridgehead atoms. The molecule has 2 amide bonds.